The lowest BCUT2D eigenvalue weighted by Gasteiger charge is -2.25. The van der Waals surface area contributed by atoms with E-state index in [-0.39, 0.29) is 5.91 Å². The Labute approximate surface area is 144 Å². The van der Waals surface area contributed by atoms with E-state index in [1.54, 1.807) is 13.0 Å². The third kappa shape index (κ3) is 5.72. The van der Waals surface area contributed by atoms with E-state index < -0.39 is 0 Å². The zero-order valence-corrected chi connectivity index (χ0v) is 15.2. The van der Waals surface area contributed by atoms with Gasteiger partial charge in [-0.3, -0.25) is 9.69 Å². The van der Waals surface area contributed by atoms with Crippen LogP contribution >= 0.6 is 0 Å². The summed E-state index contributed by atoms with van der Waals surface area (Å²) in [6.45, 7) is 4.89. The number of likely N-dealkylation sites (N-methyl/N-ethyl adjacent to an activating group) is 1. The topological polar surface area (TPSA) is 65.7 Å². The normalized spacial score (nSPS) is 19.4. The second-order valence-electron chi connectivity index (χ2n) is 6.72. The second-order valence-corrected chi connectivity index (χ2v) is 6.72. The average Bonchev–Trinajstić information content (AvgIpc) is 2.79. The van der Waals surface area contributed by atoms with Crippen LogP contribution in [0.25, 0.3) is 0 Å². The first-order chi connectivity index (χ1) is 11.5. The number of likely N-dealkylation sites (tertiary alicyclic amines) is 1. The molecule has 0 bridgehead atoms. The zero-order valence-electron chi connectivity index (χ0n) is 15.2. The number of nitrogens with zero attached hydrogens (tertiary/aromatic N) is 5. The molecule has 1 aromatic rings. The molecule has 2 rings (SSSR count). The van der Waals surface area contributed by atoms with Crippen molar-refractivity contribution < 1.29 is 9.32 Å². The monoisotopic (exact) mass is 335 g/mol. The van der Waals surface area contributed by atoms with Gasteiger partial charge in [-0.15, -0.1) is 0 Å². The maximum Gasteiger partial charge on any atom is 0.246 e. The van der Waals surface area contributed by atoms with Crippen molar-refractivity contribution in [3.8, 4) is 0 Å². The second kappa shape index (κ2) is 8.94. The van der Waals surface area contributed by atoms with Crippen molar-refractivity contribution in [3.63, 3.8) is 0 Å². The number of hydrogen-bond donors (Lipinski definition) is 0. The van der Waals surface area contributed by atoms with Gasteiger partial charge in [-0.1, -0.05) is 11.2 Å². The molecule has 1 aromatic heterocycles. The molecule has 1 aliphatic rings. The largest absolute Gasteiger partial charge is 0.340 e. The molecular weight excluding hydrogens is 306 g/mol. The van der Waals surface area contributed by atoms with Gasteiger partial charge < -0.3 is 14.3 Å². The number of amides is 1. The molecule has 0 saturated carbocycles. The third-order valence-electron chi connectivity index (χ3n) is 4.32. The Morgan fingerprint density at radius 2 is 2.12 bits per heavy atom. The van der Waals surface area contributed by atoms with Gasteiger partial charge in [0.05, 0.1) is 6.54 Å². The van der Waals surface area contributed by atoms with Gasteiger partial charge in [0.15, 0.2) is 5.82 Å². The maximum absolute atomic E-state index is 12.3. The van der Waals surface area contributed by atoms with Gasteiger partial charge in [-0.05, 0) is 40.4 Å². The highest BCUT2D eigenvalue weighted by molar-refractivity contribution is 5.87. The number of aromatic nitrogens is 2. The summed E-state index contributed by atoms with van der Waals surface area (Å²) in [5.74, 6) is 1.44. The summed E-state index contributed by atoms with van der Waals surface area (Å²) in [6.07, 6.45) is 6.70. The molecular formula is C17H29N5O2. The van der Waals surface area contributed by atoms with Crippen molar-refractivity contribution >= 4 is 5.91 Å². The van der Waals surface area contributed by atoms with Gasteiger partial charge in [0, 0.05) is 38.7 Å². The molecule has 134 valence electrons. The highest BCUT2D eigenvalue weighted by Gasteiger charge is 2.23. The Morgan fingerprint density at radius 3 is 2.79 bits per heavy atom. The van der Waals surface area contributed by atoms with Gasteiger partial charge in [0.2, 0.25) is 11.8 Å². The van der Waals surface area contributed by atoms with Crippen molar-refractivity contribution in [1.82, 2.24) is 24.8 Å². The lowest BCUT2D eigenvalue weighted by atomic mass is 10.1. The summed E-state index contributed by atoms with van der Waals surface area (Å²) in [5.41, 5.74) is 0. The summed E-state index contributed by atoms with van der Waals surface area (Å²) < 4.78 is 5.03. The van der Waals surface area contributed by atoms with E-state index in [1.165, 1.54) is 0 Å². The van der Waals surface area contributed by atoms with E-state index in [4.69, 9.17) is 4.52 Å². The maximum atomic E-state index is 12.3. The van der Waals surface area contributed by atoms with Crippen LogP contribution in [0.4, 0.5) is 0 Å². The van der Waals surface area contributed by atoms with Crippen LogP contribution in [0.2, 0.25) is 0 Å². The minimum Gasteiger partial charge on any atom is -0.340 e. The molecule has 7 nitrogen and oxygen atoms in total. The van der Waals surface area contributed by atoms with Gasteiger partial charge in [0.1, 0.15) is 0 Å². The van der Waals surface area contributed by atoms with Crippen LogP contribution < -0.4 is 0 Å². The van der Waals surface area contributed by atoms with E-state index >= 15 is 0 Å². The first kappa shape index (κ1) is 18.6. The Balaban J connectivity index is 1.83. The molecule has 1 unspecified atom stereocenters. The van der Waals surface area contributed by atoms with Gasteiger partial charge >= 0.3 is 0 Å². The van der Waals surface area contributed by atoms with E-state index in [0.717, 1.165) is 44.7 Å². The number of carbonyl (C=O) groups is 1. The number of rotatable bonds is 6. The standard InChI is InChI=1S/C17H29N5O2/c1-14-18-16(19-24-14)13-21(4)15-7-5-11-22(12-9-15)17(23)8-6-10-20(2)3/h6,8,15H,5,7,9-13H2,1-4H3/b8-6+. The Morgan fingerprint density at radius 1 is 1.33 bits per heavy atom. The molecule has 1 amide bonds. The fourth-order valence-corrected chi connectivity index (χ4v) is 2.97. The molecule has 0 radical (unpaired) electrons. The molecule has 2 heterocycles. The number of aryl methyl sites for hydroxylation is 1. The summed E-state index contributed by atoms with van der Waals surface area (Å²) in [5, 5.41) is 3.96. The van der Waals surface area contributed by atoms with Gasteiger partial charge in [0.25, 0.3) is 0 Å². The fourth-order valence-electron chi connectivity index (χ4n) is 2.97. The third-order valence-corrected chi connectivity index (χ3v) is 4.32. The quantitative estimate of drug-likeness (QED) is 0.730. The minimum absolute atomic E-state index is 0.119. The minimum atomic E-state index is 0.119. The fraction of sp³-hybridized carbons (Fsp3) is 0.706. The van der Waals surface area contributed by atoms with Crippen LogP contribution in [-0.2, 0) is 11.3 Å². The predicted molar refractivity (Wildman–Crippen MR) is 92.4 cm³/mol. The summed E-state index contributed by atoms with van der Waals surface area (Å²) >= 11 is 0. The SMILES string of the molecule is Cc1nc(CN(C)C2CCCN(C(=O)/C=C/CN(C)C)CC2)no1. The van der Waals surface area contributed by atoms with Crippen LogP contribution in [0.3, 0.4) is 0 Å². The Bertz CT molecular complexity index is 555. The molecule has 24 heavy (non-hydrogen) atoms. The molecule has 1 saturated heterocycles. The van der Waals surface area contributed by atoms with Gasteiger partial charge in [-0.2, -0.15) is 4.98 Å². The Hall–Kier alpha value is -1.73. The van der Waals surface area contributed by atoms with Crippen LogP contribution in [0.15, 0.2) is 16.7 Å². The van der Waals surface area contributed by atoms with Crippen LogP contribution in [-0.4, -0.2) is 77.6 Å². The van der Waals surface area contributed by atoms with Crippen molar-refractivity contribution in [3.05, 3.63) is 23.9 Å². The van der Waals surface area contributed by atoms with Gasteiger partial charge in [-0.25, -0.2) is 0 Å². The van der Waals surface area contributed by atoms with E-state index in [9.17, 15) is 4.79 Å². The molecule has 1 aliphatic heterocycles. The number of carbonyl (C=O) groups excluding carboxylic acids is 1. The van der Waals surface area contributed by atoms with Crippen LogP contribution in [0, 0.1) is 6.92 Å². The summed E-state index contributed by atoms with van der Waals surface area (Å²) in [4.78, 5) is 22.8. The van der Waals surface area contributed by atoms with E-state index in [0.29, 0.717) is 18.5 Å². The van der Waals surface area contributed by atoms with Crippen LogP contribution in [0.1, 0.15) is 31.0 Å². The lowest BCUT2D eigenvalue weighted by Crippen LogP contribution is -2.34. The van der Waals surface area contributed by atoms with Crippen molar-refractivity contribution in [2.45, 2.75) is 38.8 Å². The molecule has 0 spiro atoms. The first-order valence-corrected chi connectivity index (χ1v) is 8.55. The first-order valence-electron chi connectivity index (χ1n) is 8.55. The molecule has 7 heteroatoms. The smallest absolute Gasteiger partial charge is 0.246 e. The predicted octanol–water partition coefficient (Wildman–Crippen LogP) is 1.31. The molecule has 1 atom stereocenters. The van der Waals surface area contributed by atoms with E-state index in [2.05, 4.69) is 22.1 Å². The lowest BCUT2D eigenvalue weighted by molar-refractivity contribution is -0.126. The van der Waals surface area contributed by atoms with Crippen molar-refractivity contribution in [1.29, 1.82) is 0 Å². The van der Waals surface area contributed by atoms with Crippen molar-refractivity contribution in [2.75, 3.05) is 40.8 Å². The zero-order chi connectivity index (χ0) is 17.5. The highest BCUT2D eigenvalue weighted by Crippen LogP contribution is 2.17. The van der Waals surface area contributed by atoms with Crippen molar-refractivity contribution in [2.24, 2.45) is 0 Å². The molecule has 1 fully saturated rings. The average molecular weight is 335 g/mol. The number of hydrogen-bond acceptors (Lipinski definition) is 6. The molecule has 0 aromatic carbocycles. The summed E-state index contributed by atoms with van der Waals surface area (Å²) in [6, 6.07) is 0.437. The molecule has 0 aliphatic carbocycles. The Kier molecular flexibility index (Phi) is 6.93. The van der Waals surface area contributed by atoms with E-state index in [1.807, 2.05) is 30.0 Å². The van der Waals surface area contributed by atoms with Crippen LogP contribution in [0.5, 0.6) is 0 Å². The highest BCUT2D eigenvalue weighted by atomic mass is 16.5. The summed E-state index contributed by atoms with van der Waals surface area (Å²) in [7, 11) is 6.07. The molecule has 0 N–H and O–H groups in total.